The molecule has 0 aromatic heterocycles. The molecule has 19 heavy (non-hydrogen) atoms. The first kappa shape index (κ1) is 15.4. The number of benzene rings is 1. The Morgan fingerprint density at radius 1 is 1.37 bits per heavy atom. The minimum absolute atomic E-state index is 0.127. The van der Waals surface area contributed by atoms with Gasteiger partial charge in [-0.2, -0.15) is 0 Å². The summed E-state index contributed by atoms with van der Waals surface area (Å²) in [5.74, 6) is -0.319. The third-order valence-electron chi connectivity index (χ3n) is 2.65. The van der Waals surface area contributed by atoms with Crippen molar-refractivity contribution in [2.24, 2.45) is 5.41 Å². The van der Waals surface area contributed by atoms with Gasteiger partial charge in [0.2, 0.25) is 0 Å². The highest BCUT2D eigenvalue weighted by Gasteiger charge is 2.29. The van der Waals surface area contributed by atoms with Gasteiger partial charge in [0.05, 0.1) is 12.5 Å². The molecule has 0 amide bonds. The van der Waals surface area contributed by atoms with Gasteiger partial charge in [-0.15, -0.1) is 0 Å². The number of carbonyl (C=O) groups excluding carboxylic acids is 1. The maximum absolute atomic E-state index is 13.4. The molecule has 1 aromatic rings. The molecule has 0 heterocycles. The van der Waals surface area contributed by atoms with Gasteiger partial charge in [-0.25, -0.2) is 4.39 Å². The van der Waals surface area contributed by atoms with Gasteiger partial charge in [0.1, 0.15) is 18.2 Å². The van der Waals surface area contributed by atoms with Crippen LogP contribution in [0.4, 0.5) is 4.39 Å². The summed E-state index contributed by atoms with van der Waals surface area (Å²) in [5, 5.41) is 2.94. The first-order valence-electron chi connectivity index (χ1n) is 6.04. The van der Waals surface area contributed by atoms with Crippen LogP contribution >= 0.6 is 0 Å². The van der Waals surface area contributed by atoms with Crippen molar-refractivity contribution in [2.75, 3.05) is 20.8 Å². The quantitative estimate of drug-likeness (QED) is 0.804. The molecule has 1 N–H and O–H groups in total. The second-order valence-corrected chi connectivity index (χ2v) is 4.99. The topological polar surface area (TPSA) is 47.6 Å². The van der Waals surface area contributed by atoms with Crippen molar-refractivity contribution in [3.8, 4) is 5.75 Å². The zero-order valence-corrected chi connectivity index (χ0v) is 11.7. The second-order valence-electron chi connectivity index (χ2n) is 4.99. The maximum Gasteiger partial charge on any atom is 0.314 e. The fraction of sp³-hybridized carbons (Fsp3) is 0.500. The lowest BCUT2D eigenvalue weighted by atomic mass is 9.95. The minimum atomic E-state index is -0.774. The van der Waals surface area contributed by atoms with Gasteiger partial charge < -0.3 is 14.8 Å². The van der Waals surface area contributed by atoms with Gasteiger partial charge in [0, 0.05) is 12.6 Å². The summed E-state index contributed by atoms with van der Waals surface area (Å²) in [6.45, 7) is 4.11. The molecule has 0 saturated carbocycles. The summed E-state index contributed by atoms with van der Waals surface area (Å²) in [6, 6.07) is 4.48. The number of hydrogen-bond acceptors (Lipinski definition) is 4. The fourth-order valence-electron chi connectivity index (χ4n) is 1.61. The van der Waals surface area contributed by atoms with E-state index in [9.17, 15) is 9.18 Å². The van der Waals surface area contributed by atoms with Crippen molar-refractivity contribution >= 4 is 5.97 Å². The van der Waals surface area contributed by atoms with Gasteiger partial charge >= 0.3 is 5.97 Å². The smallest absolute Gasteiger partial charge is 0.314 e. The van der Waals surface area contributed by atoms with Gasteiger partial charge in [0.25, 0.3) is 0 Å². The van der Waals surface area contributed by atoms with E-state index < -0.39 is 5.41 Å². The molecule has 0 bridgehead atoms. The number of esters is 1. The van der Waals surface area contributed by atoms with Gasteiger partial charge in [-0.1, -0.05) is 0 Å². The number of methoxy groups -OCH3 is 1. The summed E-state index contributed by atoms with van der Waals surface area (Å²) in [7, 11) is 3.11. The molecular weight excluding hydrogens is 249 g/mol. The first-order valence-corrected chi connectivity index (χ1v) is 6.04. The van der Waals surface area contributed by atoms with E-state index in [0.717, 1.165) is 5.56 Å². The SMILES string of the molecule is CNCc1cc(F)cc(OCC(C)(C)C(=O)OC)c1. The van der Waals surface area contributed by atoms with Crippen LogP contribution in [0.2, 0.25) is 0 Å². The van der Waals surface area contributed by atoms with Gasteiger partial charge in [-0.05, 0) is 38.6 Å². The van der Waals surface area contributed by atoms with E-state index in [1.807, 2.05) is 0 Å². The van der Waals surface area contributed by atoms with Crippen LogP contribution in [0.25, 0.3) is 0 Å². The highest BCUT2D eigenvalue weighted by Crippen LogP contribution is 2.22. The summed E-state index contributed by atoms with van der Waals surface area (Å²) >= 11 is 0. The molecule has 0 aliphatic heterocycles. The molecule has 0 aliphatic rings. The predicted molar refractivity (Wildman–Crippen MR) is 70.5 cm³/mol. The number of hydrogen-bond donors (Lipinski definition) is 1. The first-order chi connectivity index (χ1) is 8.89. The van der Waals surface area contributed by atoms with Crippen molar-refractivity contribution in [1.29, 1.82) is 0 Å². The van der Waals surface area contributed by atoms with Crippen LogP contribution < -0.4 is 10.1 Å². The van der Waals surface area contributed by atoms with Crippen LogP contribution in [-0.4, -0.2) is 26.7 Å². The van der Waals surface area contributed by atoms with Gasteiger partial charge in [-0.3, -0.25) is 4.79 Å². The monoisotopic (exact) mass is 269 g/mol. The summed E-state index contributed by atoms with van der Waals surface area (Å²) in [6.07, 6.45) is 0. The number of rotatable bonds is 6. The molecule has 0 atom stereocenters. The van der Waals surface area contributed by atoms with Crippen LogP contribution in [0.15, 0.2) is 18.2 Å². The van der Waals surface area contributed by atoms with Crippen LogP contribution in [-0.2, 0) is 16.1 Å². The Kier molecular flexibility index (Phi) is 5.30. The number of ether oxygens (including phenoxy) is 2. The third-order valence-corrected chi connectivity index (χ3v) is 2.65. The van der Waals surface area contributed by atoms with E-state index >= 15 is 0 Å². The minimum Gasteiger partial charge on any atom is -0.492 e. The summed E-state index contributed by atoms with van der Waals surface area (Å²) < 4.78 is 23.6. The van der Waals surface area contributed by atoms with Crippen LogP contribution in [0, 0.1) is 11.2 Å². The van der Waals surface area contributed by atoms with Crippen molar-refractivity contribution < 1.29 is 18.7 Å². The summed E-state index contributed by atoms with van der Waals surface area (Å²) in [5.41, 5.74) is 0.0120. The van der Waals surface area contributed by atoms with Crippen LogP contribution in [0.5, 0.6) is 5.75 Å². The van der Waals surface area contributed by atoms with E-state index in [4.69, 9.17) is 4.74 Å². The largest absolute Gasteiger partial charge is 0.492 e. The van der Waals surface area contributed by atoms with Crippen molar-refractivity contribution in [3.63, 3.8) is 0 Å². The normalized spacial score (nSPS) is 11.2. The molecule has 0 aliphatic carbocycles. The summed E-state index contributed by atoms with van der Waals surface area (Å²) in [4.78, 5) is 11.5. The number of nitrogens with one attached hydrogen (secondary N) is 1. The molecule has 4 nitrogen and oxygen atoms in total. The Morgan fingerprint density at radius 3 is 2.63 bits per heavy atom. The molecule has 1 aromatic carbocycles. The average molecular weight is 269 g/mol. The van der Waals surface area contributed by atoms with Gasteiger partial charge in [0.15, 0.2) is 0 Å². The van der Waals surface area contributed by atoms with E-state index in [-0.39, 0.29) is 18.4 Å². The Morgan fingerprint density at radius 2 is 2.05 bits per heavy atom. The molecule has 0 spiro atoms. The van der Waals surface area contributed by atoms with E-state index in [1.165, 1.54) is 19.2 Å². The standard InChI is InChI=1S/C14H20FNO3/c1-14(2,13(17)18-4)9-19-12-6-10(8-16-3)5-11(15)7-12/h5-7,16H,8-9H2,1-4H3. The lowest BCUT2D eigenvalue weighted by molar-refractivity contribution is -0.152. The third kappa shape index (κ3) is 4.52. The molecule has 5 heteroatoms. The number of carbonyl (C=O) groups is 1. The Hall–Kier alpha value is -1.62. The van der Waals surface area contributed by atoms with Crippen LogP contribution in [0.1, 0.15) is 19.4 Å². The molecule has 0 unspecified atom stereocenters. The molecular formula is C14H20FNO3. The Labute approximate surface area is 112 Å². The molecule has 0 fully saturated rings. The van der Waals surface area contributed by atoms with Crippen molar-refractivity contribution in [2.45, 2.75) is 20.4 Å². The highest BCUT2D eigenvalue weighted by atomic mass is 19.1. The van der Waals surface area contributed by atoms with E-state index in [2.05, 4.69) is 10.1 Å². The molecule has 1 rings (SSSR count). The zero-order valence-electron chi connectivity index (χ0n) is 11.7. The predicted octanol–water partition coefficient (Wildman–Crippen LogP) is 2.12. The van der Waals surface area contributed by atoms with E-state index in [0.29, 0.717) is 12.3 Å². The highest BCUT2D eigenvalue weighted by molar-refractivity contribution is 5.75. The lowest BCUT2D eigenvalue weighted by Gasteiger charge is -2.21. The zero-order chi connectivity index (χ0) is 14.5. The fourth-order valence-corrected chi connectivity index (χ4v) is 1.61. The lowest BCUT2D eigenvalue weighted by Crippen LogP contribution is -2.32. The molecule has 0 radical (unpaired) electrons. The van der Waals surface area contributed by atoms with Crippen molar-refractivity contribution in [1.82, 2.24) is 5.32 Å². The maximum atomic E-state index is 13.4. The second kappa shape index (κ2) is 6.52. The van der Waals surface area contributed by atoms with E-state index in [1.54, 1.807) is 27.0 Å². The Balaban J connectivity index is 2.74. The molecule has 0 saturated heterocycles. The number of halogens is 1. The average Bonchev–Trinajstić information content (AvgIpc) is 2.35. The van der Waals surface area contributed by atoms with Crippen molar-refractivity contribution in [3.05, 3.63) is 29.6 Å². The Bertz CT molecular complexity index is 446. The van der Waals surface area contributed by atoms with Crippen LogP contribution in [0.3, 0.4) is 0 Å². The molecule has 106 valence electrons.